The Labute approximate surface area is 224 Å². The van der Waals surface area contributed by atoms with Crippen LogP contribution in [0.15, 0.2) is 54.6 Å². The Kier molecular flexibility index (Phi) is 11.8. The van der Waals surface area contributed by atoms with Crippen molar-refractivity contribution in [1.29, 1.82) is 0 Å². The summed E-state index contributed by atoms with van der Waals surface area (Å²) in [5, 5.41) is 10.8. The van der Waals surface area contributed by atoms with E-state index in [0.29, 0.717) is 6.04 Å². The third-order valence-electron chi connectivity index (χ3n) is 7.51. The summed E-state index contributed by atoms with van der Waals surface area (Å²) in [6.07, 6.45) is -1.46. The molecule has 1 saturated carbocycles. The monoisotopic (exact) mass is 548 g/mol. The second kappa shape index (κ2) is 13.9. The van der Waals surface area contributed by atoms with Gasteiger partial charge in [-0.05, 0) is 48.9 Å². The molecule has 2 aromatic carbocycles. The summed E-state index contributed by atoms with van der Waals surface area (Å²) >= 11 is 0. The van der Waals surface area contributed by atoms with E-state index in [1.807, 2.05) is 12.1 Å². The highest BCUT2D eigenvalue weighted by atomic mass is 35.5. The van der Waals surface area contributed by atoms with Gasteiger partial charge >= 0.3 is 6.36 Å². The van der Waals surface area contributed by atoms with Crippen molar-refractivity contribution in [3.63, 3.8) is 0 Å². The summed E-state index contributed by atoms with van der Waals surface area (Å²) in [5.74, 6) is -0.192. The van der Waals surface area contributed by atoms with Gasteiger partial charge in [-0.25, -0.2) is 0 Å². The van der Waals surface area contributed by atoms with E-state index >= 15 is 0 Å². The van der Waals surface area contributed by atoms with Crippen molar-refractivity contribution in [2.45, 2.75) is 57.0 Å². The van der Waals surface area contributed by atoms with Crippen molar-refractivity contribution < 1.29 is 23.0 Å². The molecule has 36 heavy (non-hydrogen) atoms. The lowest BCUT2D eigenvalue weighted by Gasteiger charge is -2.42. The van der Waals surface area contributed by atoms with Crippen molar-refractivity contribution in [3.05, 3.63) is 65.7 Å². The standard InChI is InChI=1S/C27H35F3N2O2.2ClH/c1-20(21-8-3-2-4-9-21)32-16-14-31(15-17-32)19-25(24-12-5-6-13-26(24)33)22-10-7-11-23(18-22)34-27(28,29)30;;/h2-4,7-11,18,20,24-26,33H,5-6,12-17,19H2,1H3;2*1H/t20-,24-,25?,26?;;/m0../s1. The molecule has 4 atom stereocenters. The highest BCUT2D eigenvalue weighted by Gasteiger charge is 2.35. The number of benzene rings is 2. The first-order valence-electron chi connectivity index (χ1n) is 12.4. The SMILES string of the molecule is C[C@@H](c1ccccc1)N1CCN(CC(c2cccc(OC(F)(F)F)c2)[C@@H]2CCCCC2O)CC1.Cl.Cl. The number of ether oxygens (including phenoxy) is 1. The van der Waals surface area contributed by atoms with Gasteiger partial charge in [-0.2, -0.15) is 0 Å². The first-order chi connectivity index (χ1) is 16.3. The zero-order valence-electron chi connectivity index (χ0n) is 20.6. The van der Waals surface area contributed by atoms with Crippen molar-refractivity contribution >= 4 is 24.8 Å². The number of nitrogens with zero attached hydrogens (tertiary/aromatic N) is 2. The van der Waals surface area contributed by atoms with Gasteiger partial charge in [0.1, 0.15) is 5.75 Å². The molecule has 2 aliphatic rings. The molecule has 1 aliphatic heterocycles. The smallest absolute Gasteiger partial charge is 0.406 e. The van der Waals surface area contributed by atoms with E-state index in [-0.39, 0.29) is 42.4 Å². The predicted molar refractivity (Wildman–Crippen MR) is 141 cm³/mol. The lowest BCUT2D eigenvalue weighted by molar-refractivity contribution is -0.274. The Hall–Kier alpha value is -1.51. The summed E-state index contributed by atoms with van der Waals surface area (Å²) in [6.45, 7) is 6.63. The Balaban J connectivity index is 0.00000228. The van der Waals surface area contributed by atoms with Crippen LogP contribution in [0.1, 0.15) is 55.7 Å². The zero-order chi connectivity index (χ0) is 24.1. The number of halogens is 5. The van der Waals surface area contributed by atoms with Crippen LogP contribution in [0.25, 0.3) is 0 Å². The quantitative estimate of drug-likeness (QED) is 0.431. The number of aliphatic hydroxyl groups excluding tert-OH is 1. The number of alkyl halides is 3. The molecule has 0 bridgehead atoms. The van der Waals surface area contributed by atoms with Crippen LogP contribution in [0.2, 0.25) is 0 Å². The third-order valence-corrected chi connectivity index (χ3v) is 7.51. The molecule has 2 fully saturated rings. The molecule has 1 heterocycles. The number of aliphatic hydroxyl groups is 1. The fourth-order valence-electron chi connectivity index (χ4n) is 5.59. The zero-order valence-corrected chi connectivity index (χ0v) is 22.2. The fraction of sp³-hybridized carbons (Fsp3) is 0.556. The molecular formula is C27H37Cl2F3N2O2. The maximum atomic E-state index is 12.8. The van der Waals surface area contributed by atoms with Gasteiger partial charge in [0.15, 0.2) is 0 Å². The molecule has 1 aliphatic carbocycles. The molecule has 1 saturated heterocycles. The largest absolute Gasteiger partial charge is 0.573 e. The average molecular weight is 550 g/mol. The van der Waals surface area contributed by atoms with E-state index in [1.54, 1.807) is 6.07 Å². The Morgan fingerprint density at radius 2 is 1.56 bits per heavy atom. The average Bonchev–Trinajstić information content (AvgIpc) is 2.83. The van der Waals surface area contributed by atoms with Crippen LogP contribution in [0.3, 0.4) is 0 Å². The van der Waals surface area contributed by atoms with Crippen molar-refractivity contribution in [2.75, 3.05) is 32.7 Å². The highest BCUT2D eigenvalue weighted by Crippen LogP contribution is 2.39. The van der Waals surface area contributed by atoms with E-state index in [0.717, 1.165) is 64.0 Å². The van der Waals surface area contributed by atoms with Crippen LogP contribution >= 0.6 is 24.8 Å². The number of piperazine rings is 1. The van der Waals surface area contributed by atoms with E-state index in [2.05, 4.69) is 45.7 Å². The van der Waals surface area contributed by atoms with Gasteiger partial charge in [0.05, 0.1) is 6.10 Å². The lowest BCUT2D eigenvalue weighted by atomic mass is 9.74. The van der Waals surface area contributed by atoms with Crippen LogP contribution in [-0.4, -0.2) is 60.1 Å². The Bertz CT molecular complexity index is 911. The minimum atomic E-state index is -4.72. The Morgan fingerprint density at radius 3 is 2.19 bits per heavy atom. The number of hydrogen-bond acceptors (Lipinski definition) is 4. The fourth-order valence-corrected chi connectivity index (χ4v) is 5.59. The maximum Gasteiger partial charge on any atom is 0.573 e. The minimum absolute atomic E-state index is 0. The van der Waals surface area contributed by atoms with Gasteiger partial charge < -0.3 is 14.7 Å². The molecule has 0 radical (unpaired) electrons. The van der Waals surface area contributed by atoms with Gasteiger partial charge in [-0.3, -0.25) is 4.90 Å². The van der Waals surface area contributed by atoms with Crippen LogP contribution in [0.5, 0.6) is 5.75 Å². The summed E-state index contributed by atoms with van der Waals surface area (Å²) in [5.41, 5.74) is 2.12. The number of rotatable bonds is 7. The van der Waals surface area contributed by atoms with E-state index in [1.165, 1.54) is 17.7 Å². The summed E-state index contributed by atoms with van der Waals surface area (Å²) in [7, 11) is 0. The van der Waals surface area contributed by atoms with Gasteiger partial charge in [0, 0.05) is 44.7 Å². The lowest BCUT2D eigenvalue weighted by Crippen LogP contribution is -2.49. The Morgan fingerprint density at radius 1 is 0.917 bits per heavy atom. The molecule has 4 nitrogen and oxygen atoms in total. The molecule has 0 spiro atoms. The van der Waals surface area contributed by atoms with Crippen LogP contribution in [0.4, 0.5) is 13.2 Å². The molecular weight excluding hydrogens is 512 g/mol. The van der Waals surface area contributed by atoms with Crippen molar-refractivity contribution in [2.24, 2.45) is 5.92 Å². The van der Waals surface area contributed by atoms with Gasteiger partial charge in [0.2, 0.25) is 0 Å². The number of hydrogen-bond donors (Lipinski definition) is 1. The molecule has 1 N–H and O–H groups in total. The maximum absolute atomic E-state index is 12.8. The summed E-state index contributed by atoms with van der Waals surface area (Å²) in [4.78, 5) is 4.88. The molecule has 4 rings (SSSR count). The van der Waals surface area contributed by atoms with Gasteiger partial charge in [-0.15, -0.1) is 38.0 Å². The topological polar surface area (TPSA) is 35.9 Å². The van der Waals surface area contributed by atoms with Crippen LogP contribution in [-0.2, 0) is 0 Å². The minimum Gasteiger partial charge on any atom is -0.406 e. The third kappa shape index (κ3) is 8.25. The molecule has 2 aromatic rings. The first kappa shape index (κ1) is 30.7. The second-order valence-electron chi connectivity index (χ2n) is 9.67. The second-order valence-corrected chi connectivity index (χ2v) is 9.67. The van der Waals surface area contributed by atoms with Crippen LogP contribution < -0.4 is 4.74 Å². The van der Waals surface area contributed by atoms with E-state index in [4.69, 9.17) is 0 Å². The summed E-state index contributed by atoms with van der Waals surface area (Å²) in [6, 6.07) is 17.2. The first-order valence-corrected chi connectivity index (χ1v) is 12.4. The molecule has 9 heteroatoms. The van der Waals surface area contributed by atoms with Crippen molar-refractivity contribution in [3.8, 4) is 5.75 Å². The normalized spacial score (nSPS) is 23.1. The van der Waals surface area contributed by atoms with Gasteiger partial charge in [0.25, 0.3) is 0 Å². The molecule has 2 unspecified atom stereocenters. The van der Waals surface area contributed by atoms with Crippen molar-refractivity contribution in [1.82, 2.24) is 9.80 Å². The predicted octanol–water partition coefficient (Wildman–Crippen LogP) is 6.44. The molecule has 0 aromatic heterocycles. The van der Waals surface area contributed by atoms with E-state index < -0.39 is 12.5 Å². The van der Waals surface area contributed by atoms with E-state index in [9.17, 15) is 18.3 Å². The highest BCUT2D eigenvalue weighted by molar-refractivity contribution is 5.85. The van der Waals surface area contributed by atoms with Gasteiger partial charge in [-0.1, -0.05) is 55.3 Å². The summed E-state index contributed by atoms with van der Waals surface area (Å²) < 4.78 is 42.6. The van der Waals surface area contributed by atoms with Crippen LogP contribution in [0, 0.1) is 5.92 Å². The molecule has 0 amide bonds. The molecule has 202 valence electrons.